The Bertz CT molecular complexity index is 1870. The number of carbonyl (C=O) groups is 3. The van der Waals surface area contributed by atoms with Gasteiger partial charge >= 0.3 is 11.9 Å². The van der Waals surface area contributed by atoms with Crippen LogP contribution in [0.2, 0.25) is 0 Å². The molecule has 0 radical (unpaired) electrons. The first-order valence-electron chi connectivity index (χ1n) is 15.3. The molecule has 0 fully saturated rings. The number of benzene rings is 3. The molecule has 3 aromatic carbocycles. The Morgan fingerprint density at radius 1 is 0.809 bits per heavy atom. The van der Waals surface area contributed by atoms with Crippen LogP contribution in [0.5, 0.6) is 0 Å². The summed E-state index contributed by atoms with van der Waals surface area (Å²) in [5.41, 5.74) is 8.40. The molecule has 10 heteroatoms. The first-order valence-corrected chi connectivity index (χ1v) is 15.3. The molecular weight excluding hydrogens is 594 g/mol. The second-order valence-corrected chi connectivity index (χ2v) is 11.3. The minimum atomic E-state index is -0.535. The molecule has 4 aromatic rings. The molecule has 1 heterocycles. The smallest absolute Gasteiger partial charge is 0.331 e. The van der Waals surface area contributed by atoms with Crippen molar-refractivity contribution in [1.29, 1.82) is 0 Å². The first-order chi connectivity index (χ1) is 22.6. The molecule has 1 aromatic heterocycles. The summed E-state index contributed by atoms with van der Waals surface area (Å²) in [4.78, 5) is 53.8. The van der Waals surface area contributed by atoms with E-state index in [0.29, 0.717) is 34.8 Å². The summed E-state index contributed by atoms with van der Waals surface area (Å²) in [6.45, 7) is 6.45. The summed E-state index contributed by atoms with van der Waals surface area (Å²) in [6.07, 6.45) is 7.98. The van der Waals surface area contributed by atoms with Gasteiger partial charge in [-0.25, -0.2) is 9.59 Å². The van der Waals surface area contributed by atoms with Crippen molar-refractivity contribution in [3.63, 3.8) is 0 Å². The summed E-state index contributed by atoms with van der Waals surface area (Å²) in [5.74, 6) is -1.24. The Labute approximate surface area is 274 Å². The molecule has 0 saturated carbocycles. The van der Waals surface area contributed by atoms with E-state index >= 15 is 0 Å². The highest BCUT2D eigenvalue weighted by atomic mass is 16.7. The van der Waals surface area contributed by atoms with Crippen LogP contribution in [-0.2, 0) is 32.2 Å². The highest BCUT2D eigenvalue weighted by Gasteiger charge is 2.26. The molecule has 1 aliphatic carbocycles. The highest BCUT2D eigenvalue weighted by molar-refractivity contribution is 6.07. The van der Waals surface area contributed by atoms with E-state index in [0.717, 1.165) is 41.0 Å². The van der Waals surface area contributed by atoms with Gasteiger partial charge in [0.15, 0.2) is 0 Å². The molecule has 5 rings (SSSR count). The van der Waals surface area contributed by atoms with Crippen molar-refractivity contribution in [1.82, 2.24) is 9.88 Å². The van der Waals surface area contributed by atoms with Crippen LogP contribution in [0.3, 0.4) is 0 Å². The number of hydrogen-bond donors (Lipinski definition) is 1. The number of aromatic nitrogens is 1. The Balaban J connectivity index is 1.68. The van der Waals surface area contributed by atoms with Crippen LogP contribution in [-0.4, -0.2) is 46.2 Å². The number of allylic oxidation sites excluding steroid dienone is 1. The number of rotatable bonds is 10. The van der Waals surface area contributed by atoms with Crippen molar-refractivity contribution in [3.8, 4) is 0 Å². The van der Waals surface area contributed by atoms with Crippen molar-refractivity contribution >= 4 is 52.4 Å². The number of amides is 1. The standard InChI is InChI=1S/C37H37N5O5/c1-24(39-46-26(3)43)28-15-18-32(19-16-28)42(35-14-8-11-29-10-6-7-13-33(29)35)36-20-17-30(25(2)40-47-27(4)44)22-34(36)37(45)41(5)23-31-12-9-21-38-31/h7-9,11-22,38H,6,10,23H2,1-5H3/b39-24-,40-25-. The SMILES string of the molecule is CC(=O)O/N=C(/C)c1ccc(N(c2ccc(/C(C)=N\OC(C)=O)cc2C(=O)N(C)Cc2ccc[nH]2)c2cccc3c2C=CCC3)cc1. The summed E-state index contributed by atoms with van der Waals surface area (Å²) < 4.78 is 0. The van der Waals surface area contributed by atoms with Gasteiger partial charge in [0, 0.05) is 44.0 Å². The normalized spacial score (nSPS) is 12.7. The molecule has 1 aliphatic rings. The Hall–Kier alpha value is -5.77. The van der Waals surface area contributed by atoms with Crippen LogP contribution < -0.4 is 4.90 Å². The molecule has 0 saturated heterocycles. The topological polar surface area (TPSA) is 117 Å². The largest absolute Gasteiger partial charge is 0.364 e. The number of nitrogens with one attached hydrogen (secondary N) is 1. The molecule has 0 aliphatic heterocycles. The zero-order valence-corrected chi connectivity index (χ0v) is 27.1. The number of aryl methyl sites for hydroxylation is 1. The zero-order chi connectivity index (χ0) is 33.5. The van der Waals surface area contributed by atoms with Crippen molar-refractivity contribution in [2.75, 3.05) is 11.9 Å². The molecule has 0 spiro atoms. The summed E-state index contributed by atoms with van der Waals surface area (Å²) in [7, 11) is 1.76. The van der Waals surface area contributed by atoms with E-state index in [1.54, 1.807) is 31.9 Å². The third-order valence-corrected chi connectivity index (χ3v) is 7.75. The van der Waals surface area contributed by atoms with Gasteiger partial charge in [-0.05, 0) is 85.8 Å². The zero-order valence-electron chi connectivity index (χ0n) is 27.1. The average molecular weight is 632 g/mol. The first kappa shape index (κ1) is 32.6. The average Bonchev–Trinajstić information content (AvgIpc) is 3.59. The van der Waals surface area contributed by atoms with Crippen molar-refractivity contribution in [2.45, 2.75) is 47.1 Å². The number of oxime groups is 2. The van der Waals surface area contributed by atoms with Crippen molar-refractivity contribution in [2.24, 2.45) is 10.3 Å². The predicted molar refractivity (Wildman–Crippen MR) is 183 cm³/mol. The molecular formula is C37H37N5O5. The van der Waals surface area contributed by atoms with Crippen LogP contribution in [0.1, 0.15) is 72.4 Å². The number of carbonyl (C=O) groups excluding carboxylic acids is 3. The number of fused-ring (bicyclic) bond motifs is 1. The number of anilines is 3. The van der Waals surface area contributed by atoms with Gasteiger partial charge in [0.25, 0.3) is 5.91 Å². The molecule has 0 bridgehead atoms. The lowest BCUT2D eigenvalue weighted by Crippen LogP contribution is -2.28. The van der Waals surface area contributed by atoms with Gasteiger partial charge in [-0.15, -0.1) is 0 Å². The van der Waals surface area contributed by atoms with Gasteiger partial charge in [-0.1, -0.05) is 52.8 Å². The fraction of sp³-hybridized carbons (Fsp3) is 0.216. The molecule has 1 amide bonds. The lowest BCUT2D eigenvalue weighted by Gasteiger charge is -2.31. The monoisotopic (exact) mass is 631 g/mol. The molecule has 0 unspecified atom stereocenters. The number of hydrogen-bond acceptors (Lipinski definition) is 8. The highest BCUT2D eigenvalue weighted by Crippen LogP contribution is 2.42. The van der Waals surface area contributed by atoms with E-state index in [-0.39, 0.29) is 5.91 Å². The summed E-state index contributed by atoms with van der Waals surface area (Å²) in [5, 5.41) is 7.90. The second kappa shape index (κ2) is 14.6. The second-order valence-electron chi connectivity index (χ2n) is 11.3. The minimum absolute atomic E-state index is 0.206. The Morgan fingerprint density at radius 2 is 1.49 bits per heavy atom. The Morgan fingerprint density at radius 3 is 2.15 bits per heavy atom. The van der Waals surface area contributed by atoms with Crippen LogP contribution in [0.25, 0.3) is 6.08 Å². The predicted octanol–water partition coefficient (Wildman–Crippen LogP) is 7.29. The van der Waals surface area contributed by atoms with Gasteiger partial charge in [0.1, 0.15) is 0 Å². The lowest BCUT2D eigenvalue weighted by molar-refractivity contribution is -0.141. The van der Waals surface area contributed by atoms with Gasteiger partial charge in [-0.2, -0.15) is 0 Å². The maximum Gasteiger partial charge on any atom is 0.331 e. The van der Waals surface area contributed by atoms with E-state index in [2.05, 4.69) is 38.4 Å². The van der Waals surface area contributed by atoms with Crippen LogP contribution in [0.4, 0.5) is 17.1 Å². The maximum absolute atomic E-state index is 14.3. The third-order valence-electron chi connectivity index (χ3n) is 7.75. The van der Waals surface area contributed by atoms with E-state index < -0.39 is 11.9 Å². The fourth-order valence-electron chi connectivity index (χ4n) is 5.40. The van der Waals surface area contributed by atoms with E-state index in [9.17, 15) is 14.4 Å². The number of aromatic amines is 1. The van der Waals surface area contributed by atoms with Crippen LogP contribution >= 0.6 is 0 Å². The molecule has 1 N–H and O–H groups in total. The third kappa shape index (κ3) is 7.73. The Kier molecular flexibility index (Phi) is 10.1. The van der Waals surface area contributed by atoms with Crippen molar-refractivity contribution < 1.29 is 24.1 Å². The molecule has 10 nitrogen and oxygen atoms in total. The van der Waals surface area contributed by atoms with Crippen molar-refractivity contribution in [3.05, 3.63) is 119 Å². The summed E-state index contributed by atoms with van der Waals surface area (Å²) >= 11 is 0. The number of H-pyrrole nitrogens is 1. The molecule has 0 atom stereocenters. The maximum atomic E-state index is 14.3. The fourth-order valence-corrected chi connectivity index (χ4v) is 5.40. The number of nitrogens with zero attached hydrogens (tertiary/aromatic N) is 4. The minimum Gasteiger partial charge on any atom is -0.364 e. The molecule has 47 heavy (non-hydrogen) atoms. The van der Waals surface area contributed by atoms with Gasteiger partial charge < -0.3 is 24.5 Å². The van der Waals surface area contributed by atoms with Crippen LogP contribution in [0, 0.1) is 0 Å². The van der Waals surface area contributed by atoms with E-state index in [1.165, 1.54) is 19.4 Å². The van der Waals surface area contributed by atoms with E-state index in [1.807, 2.05) is 66.9 Å². The van der Waals surface area contributed by atoms with E-state index in [4.69, 9.17) is 9.68 Å². The van der Waals surface area contributed by atoms with Gasteiger partial charge in [0.05, 0.1) is 34.9 Å². The quantitative estimate of drug-likeness (QED) is 0.112. The van der Waals surface area contributed by atoms with Gasteiger partial charge in [0.2, 0.25) is 0 Å². The molecule has 240 valence electrons. The van der Waals surface area contributed by atoms with Gasteiger partial charge in [-0.3, -0.25) is 4.79 Å². The summed E-state index contributed by atoms with van der Waals surface area (Å²) in [6, 6.07) is 23.3. The lowest BCUT2D eigenvalue weighted by atomic mass is 9.94. The van der Waals surface area contributed by atoms with Crippen LogP contribution in [0.15, 0.2) is 95.4 Å².